The molecule has 0 unspecified atom stereocenters. The van der Waals surface area contributed by atoms with E-state index >= 15 is 0 Å². The van der Waals surface area contributed by atoms with E-state index in [1.165, 1.54) is 19.2 Å². The van der Waals surface area contributed by atoms with Gasteiger partial charge in [0, 0.05) is 0 Å². The first-order valence-corrected chi connectivity index (χ1v) is 3.47. The zero-order valence-corrected chi connectivity index (χ0v) is 5.75. The molecule has 0 rings (SSSR count). The molecule has 2 heteroatoms. The van der Waals surface area contributed by atoms with Crippen molar-refractivity contribution in [1.82, 2.24) is 0 Å². The molecule has 0 N–H and O–H groups in total. The van der Waals surface area contributed by atoms with Crippen LogP contribution < -0.4 is 0 Å². The topological polar surface area (TPSA) is 0 Å². The molecule has 0 aromatic rings. The molecule has 0 spiro atoms. The molecule has 0 fully saturated rings. The van der Waals surface area contributed by atoms with Crippen LogP contribution in [0.25, 0.3) is 0 Å². The summed E-state index contributed by atoms with van der Waals surface area (Å²) in [5, 5.41) is 0. The molecule has 0 saturated heterocycles. The van der Waals surface area contributed by atoms with Crippen molar-refractivity contribution in [2.45, 2.75) is 26.1 Å². The van der Waals surface area contributed by atoms with E-state index in [-0.39, 0.29) is 0 Å². The summed E-state index contributed by atoms with van der Waals surface area (Å²) in [7, 11) is 2.20. The lowest BCUT2D eigenvalue weighted by Gasteiger charge is -1.88. The van der Waals surface area contributed by atoms with Crippen LogP contribution in [-0.4, -0.2) is 12.9 Å². The summed E-state index contributed by atoms with van der Waals surface area (Å²) < 4.78 is 0. The van der Waals surface area contributed by atoms with E-state index in [2.05, 4.69) is 26.8 Å². The van der Waals surface area contributed by atoms with Crippen LogP contribution in [0.4, 0.5) is 0 Å². The van der Waals surface area contributed by atoms with E-state index in [1.54, 1.807) is 0 Å². The van der Waals surface area contributed by atoms with Crippen LogP contribution in [0, 0.1) is 0 Å². The summed E-state index contributed by atoms with van der Waals surface area (Å²) in [5.74, 6) is 0. The van der Waals surface area contributed by atoms with Crippen LogP contribution in [0.15, 0.2) is 0 Å². The van der Waals surface area contributed by atoms with E-state index < -0.39 is 0 Å². The van der Waals surface area contributed by atoms with Crippen LogP contribution in [0.2, 0.25) is 6.32 Å². The van der Waals surface area contributed by atoms with Crippen molar-refractivity contribution < 1.29 is 0 Å². The van der Waals surface area contributed by atoms with Crippen LogP contribution in [0.3, 0.4) is 0 Å². The Morgan fingerprint density at radius 2 is 2.29 bits per heavy atom. The summed E-state index contributed by atoms with van der Waals surface area (Å²) in [6, 6.07) is 0. The van der Waals surface area contributed by atoms with Gasteiger partial charge in [0.1, 0.15) is 7.28 Å². The molecule has 0 saturated carbocycles. The van der Waals surface area contributed by atoms with E-state index in [0.717, 1.165) is 5.65 Å². The van der Waals surface area contributed by atoms with Gasteiger partial charge in [0.25, 0.3) is 0 Å². The molecular weight excluding hydrogens is 103 g/mol. The standard InChI is InChI=1S/C5H12BS/c1-2-3-4-6-5-7/h7H,2-5H2,1H3. The maximum Gasteiger partial charge on any atom is 0.122 e. The number of thiol groups is 1. The SMILES string of the molecule is CCCC[B]CS. The number of unbranched alkanes of at least 4 members (excludes halogenated alkanes) is 1. The second-order valence-electron chi connectivity index (χ2n) is 1.61. The molecule has 0 aromatic heterocycles. The van der Waals surface area contributed by atoms with Gasteiger partial charge in [-0.1, -0.05) is 26.1 Å². The van der Waals surface area contributed by atoms with Crippen LogP contribution in [-0.2, 0) is 0 Å². The summed E-state index contributed by atoms with van der Waals surface area (Å²) in [6.07, 6.45) is 3.85. The van der Waals surface area contributed by atoms with Crippen molar-refractivity contribution in [3.63, 3.8) is 0 Å². The van der Waals surface area contributed by atoms with Crippen molar-refractivity contribution in [3.8, 4) is 0 Å². The highest BCUT2D eigenvalue weighted by Gasteiger charge is 1.83. The zero-order valence-electron chi connectivity index (χ0n) is 4.85. The van der Waals surface area contributed by atoms with Crippen molar-refractivity contribution in [3.05, 3.63) is 0 Å². The van der Waals surface area contributed by atoms with E-state index in [4.69, 9.17) is 0 Å². The largest absolute Gasteiger partial charge is 0.188 e. The van der Waals surface area contributed by atoms with E-state index in [0.29, 0.717) is 0 Å². The third-order valence-corrected chi connectivity index (χ3v) is 1.15. The lowest BCUT2D eigenvalue weighted by Crippen LogP contribution is -1.88. The zero-order chi connectivity index (χ0) is 5.54. The highest BCUT2D eigenvalue weighted by atomic mass is 32.1. The van der Waals surface area contributed by atoms with Crippen molar-refractivity contribution in [2.75, 3.05) is 5.65 Å². The average Bonchev–Trinajstić information content (AvgIpc) is 1.69. The van der Waals surface area contributed by atoms with Gasteiger partial charge in [-0.15, -0.1) is 0 Å². The average molecular weight is 115 g/mol. The first kappa shape index (κ1) is 7.41. The Balaban J connectivity index is 2.45. The summed E-state index contributed by atoms with van der Waals surface area (Å²) in [4.78, 5) is 0. The second-order valence-corrected chi connectivity index (χ2v) is 1.98. The molecular formula is C5H12BS. The van der Waals surface area contributed by atoms with Crippen molar-refractivity contribution in [1.29, 1.82) is 0 Å². The quantitative estimate of drug-likeness (QED) is 0.322. The number of hydrogen-bond acceptors (Lipinski definition) is 1. The molecule has 0 bridgehead atoms. The third-order valence-electron chi connectivity index (χ3n) is 0.891. The van der Waals surface area contributed by atoms with Gasteiger partial charge < -0.3 is 0 Å². The molecule has 0 aliphatic rings. The Hall–Kier alpha value is 0.415. The predicted octanol–water partition coefficient (Wildman–Crippen LogP) is 1.80. The molecule has 0 aromatic carbocycles. The number of rotatable bonds is 4. The fraction of sp³-hybridized carbons (Fsp3) is 1.00. The molecule has 0 amide bonds. The van der Waals surface area contributed by atoms with Gasteiger partial charge in [-0.25, -0.2) is 0 Å². The Kier molecular flexibility index (Phi) is 6.80. The minimum Gasteiger partial charge on any atom is -0.188 e. The third kappa shape index (κ3) is 6.41. The van der Waals surface area contributed by atoms with Gasteiger partial charge in [0.05, 0.1) is 0 Å². The van der Waals surface area contributed by atoms with Crippen LogP contribution in [0.1, 0.15) is 19.8 Å². The van der Waals surface area contributed by atoms with Crippen LogP contribution in [0.5, 0.6) is 0 Å². The smallest absolute Gasteiger partial charge is 0.122 e. The minimum atomic E-state index is 0.931. The molecule has 0 aliphatic carbocycles. The predicted molar refractivity (Wildman–Crippen MR) is 39.3 cm³/mol. The van der Waals surface area contributed by atoms with Crippen LogP contribution >= 0.6 is 12.6 Å². The summed E-state index contributed by atoms with van der Waals surface area (Å²) in [6.45, 7) is 2.20. The van der Waals surface area contributed by atoms with Gasteiger partial charge in [-0.3, -0.25) is 0 Å². The molecule has 0 aliphatic heterocycles. The molecule has 7 heavy (non-hydrogen) atoms. The van der Waals surface area contributed by atoms with Gasteiger partial charge >= 0.3 is 0 Å². The first-order valence-electron chi connectivity index (χ1n) is 2.84. The molecule has 0 atom stereocenters. The normalized spacial score (nSPS) is 8.86. The second kappa shape index (κ2) is 6.41. The van der Waals surface area contributed by atoms with Crippen molar-refractivity contribution in [2.24, 2.45) is 0 Å². The maximum absolute atomic E-state index is 4.04. The van der Waals surface area contributed by atoms with E-state index in [9.17, 15) is 0 Å². The first-order chi connectivity index (χ1) is 3.41. The Labute approximate surface area is 52.3 Å². The summed E-state index contributed by atoms with van der Waals surface area (Å²) >= 11 is 4.04. The van der Waals surface area contributed by atoms with Gasteiger partial charge in [-0.2, -0.15) is 12.6 Å². The van der Waals surface area contributed by atoms with Gasteiger partial charge in [0.2, 0.25) is 0 Å². The Morgan fingerprint density at radius 1 is 1.57 bits per heavy atom. The lowest BCUT2D eigenvalue weighted by atomic mass is 9.76. The highest BCUT2D eigenvalue weighted by Crippen LogP contribution is 1.92. The van der Waals surface area contributed by atoms with Gasteiger partial charge in [-0.05, 0) is 5.65 Å². The fourth-order valence-corrected chi connectivity index (χ4v) is 0.622. The Bertz CT molecular complexity index is 27.3. The molecule has 0 heterocycles. The lowest BCUT2D eigenvalue weighted by molar-refractivity contribution is 0.880. The summed E-state index contributed by atoms with van der Waals surface area (Å²) in [5.41, 5.74) is 0.931. The highest BCUT2D eigenvalue weighted by molar-refractivity contribution is 7.81. The minimum absolute atomic E-state index is 0.931. The monoisotopic (exact) mass is 115 g/mol. The Morgan fingerprint density at radius 3 is 2.71 bits per heavy atom. The van der Waals surface area contributed by atoms with Crippen molar-refractivity contribution >= 4 is 19.9 Å². The molecule has 0 nitrogen and oxygen atoms in total. The van der Waals surface area contributed by atoms with E-state index in [1.807, 2.05) is 0 Å². The fourth-order valence-electron chi connectivity index (χ4n) is 0.440. The maximum atomic E-state index is 4.04. The molecule has 41 valence electrons. The number of hydrogen-bond donors (Lipinski definition) is 1. The van der Waals surface area contributed by atoms with Gasteiger partial charge in [0.15, 0.2) is 0 Å². The molecule has 1 radical (unpaired) electrons.